The van der Waals surface area contributed by atoms with E-state index in [1.165, 1.54) is 6.07 Å². The Bertz CT molecular complexity index is 637. The minimum absolute atomic E-state index is 0.167. The Labute approximate surface area is 158 Å². The van der Waals surface area contributed by atoms with Crippen LogP contribution >= 0.6 is 0 Å². The van der Waals surface area contributed by atoms with Gasteiger partial charge < -0.3 is 14.4 Å². The van der Waals surface area contributed by atoms with Crippen LogP contribution in [0.3, 0.4) is 0 Å². The number of piperidine rings is 1. The standard InChI is InChI=1S/C21H28F3NO2/c22-21(23,24)19-11-16(5-6-18(19)20-4-2-9-27-20)17-3-1-8-25(13-17)12-15-7-10-26-14-15/h5-6,11,15,17,20H,1-4,7-10,12-14H2/t15?,17-,20?/m0/s1. The number of alkyl halides is 3. The predicted octanol–water partition coefficient (Wildman–Crippen LogP) is 4.77. The van der Waals surface area contributed by atoms with Crippen molar-refractivity contribution >= 4 is 0 Å². The highest BCUT2D eigenvalue weighted by Gasteiger charge is 2.37. The first-order chi connectivity index (χ1) is 13.0. The summed E-state index contributed by atoms with van der Waals surface area (Å²) >= 11 is 0. The fourth-order valence-electron chi connectivity index (χ4n) is 4.76. The van der Waals surface area contributed by atoms with E-state index in [-0.39, 0.29) is 5.92 Å². The van der Waals surface area contributed by atoms with Crippen molar-refractivity contribution in [1.82, 2.24) is 4.90 Å². The van der Waals surface area contributed by atoms with Crippen molar-refractivity contribution in [2.45, 2.75) is 50.3 Å². The summed E-state index contributed by atoms with van der Waals surface area (Å²) in [7, 11) is 0. The third-order valence-electron chi connectivity index (χ3n) is 6.18. The predicted molar refractivity (Wildman–Crippen MR) is 96.7 cm³/mol. The van der Waals surface area contributed by atoms with E-state index in [1.54, 1.807) is 6.07 Å². The van der Waals surface area contributed by atoms with Crippen molar-refractivity contribution in [1.29, 1.82) is 0 Å². The van der Waals surface area contributed by atoms with Gasteiger partial charge in [-0.2, -0.15) is 13.2 Å². The van der Waals surface area contributed by atoms with Crippen LogP contribution in [0.1, 0.15) is 60.8 Å². The van der Waals surface area contributed by atoms with Gasteiger partial charge in [0.2, 0.25) is 0 Å². The smallest absolute Gasteiger partial charge is 0.381 e. The first-order valence-electron chi connectivity index (χ1n) is 10.1. The van der Waals surface area contributed by atoms with E-state index in [0.29, 0.717) is 24.5 Å². The highest BCUT2D eigenvalue weighted by atomic mass is 19.4. The molecule has 3 saturated heterocycles. The molecular formula is C21H28F3NO2. The van der Waals surface area contributed by atoms with E-state index >= 15 is 0 Å². The molecule has 3 fully saturated rings. The first-order valence-corrected chi connectivity index (χ1v) is 10.1. The molecule has 2 unspecified atom stereocenters. The van der Waals surface area contributed by atoms with Gasteiger partial charge >= 0.3 is 6.18 Å². The molecule has 3 heterocycles. The van der Waals surface area contributed by atoms with Crippen LogP contribution in [0.25, 0.3) is 0 Å². The van der Waals surface area contributed by atoms with Gasteiger partial charge in [-0.05, 0) is 67.7 Å². The Morgan fingerprint density at radius 2 is 1.96 bits per heavy atom. The summed E-state index contributed by atoms with van der Waals surface area (Å²) in [6, 6.07) is 4.96. The van der Waals surface area contributed by atoms with Crippen LogP contribution in [0.2, 0.25) is 0 Å². The fourth-order valence-corrected chi connectivity index (χ4v) is 4.76. The number of benzene rings is 1. The average Bonchev–Trinajstić information content (AvgIpc) is 3.35. The van der Waals surface area contributed by atoms with Crippen molar-refractivity contribution in [2.24, 2.45) is 5.92 Å². The van der Waals surface area contributed by atoms with Crippen LogP contribution in [0.15, 0.2) is 18.2 Å². The third-order valence-corrected chi connectivity index (χ3v) is 6.18. The number of nitrogens with zero attached hydrogens (tertiary/aromatic N) is 1. The molecule has 1 aromatic rings. The molecule has 0 radical (unpaired) electrons. The number of hydrogen-bond acceptors (Lipinski definition) is 3. The molecule has 27 heavy (non-hydrogen) atoms. The maximum Gasteiger partial charge on any atom is 0.416 e. The molecule has 3 nitrogen and oxygen atoms in total. The lowest BCUT2D eigenvalue weighted by Crippen LogP contribution is -2.38. The third kappa shape index (κ3) is 4.49. The van der Waals surface area contributed by atoms with Crippen molar-refractivity contribution in [2.75, 3.05) is 39.5 Å². The maximum absolute atomic E-state index is 13.7. The molecule has 0 N–H and O–H groups in total. The van der Waals surface area contributed by atoms with Gasteiger partial charge in [-0.25, -0.2) is 0 Å². The zero-order valence-corrected chi connectivity index (χ0v) is 15.6. The van der Waals surface area contributed by atoms with Crippen molar-refractivity contribution in [3.63, 3.8) is 0 Å². The SMILES string of the molecule is FC(F)(F)c1cc([C@H]2CCCN(CC3CCOC3)C2)ccc1C1CCCO1. The molecule has 4 rings (SSSR count). The number of halogens is 3. The quantitative estimate of drug-likeness (QED) is 0.747. The second-order valence-electron chi connectivity index (χ2n) is 8.17. The Balaban J connectivity index is 1.52. The zero-order valence-electron chi connectivity index (χ0n) is 15.6. The number of hydrogen-bond donors (Lipinski definition) is 0. The summed E-state index contributed by atoms with van der Waals surface area (Å²) < 4.78 is 52.1. The molecule has 6 heteroatoms. The van der Waals surface area contributed by atoms with Crippen LogP contribution in [-0.2, 0) is 15.7 Å². The Hall–Kier alpha value is -1.11. The molecule has 150 valence electrons. The Morgan fingerprint density at radius 1 is 1.07 bits per heavy atom. The van der Waals surface area contributed by atoms with E-state index in [9.17, 15) is 13.2 Å². The monoisotopic (exact) mass is 383 g/mol. The lowest BCUT2D eigenvalue weighted by atomic mass is 9.87. The van der Waals surface area contributed by atoms with Crippen molar-refractivity contribution in [3.8, 4) is 0 Å². The molecule has 0 saturated carbocycles. The van der Waals surface area contributed by atoms with Crippen LogP contribution in [0, 0.1) is 5.92 Å². The number of ether oxygens (including phenoxy) is 2. The van der Waals surface area contributed by atoms with Crippen LogP contribution in [-0.4, -0.2) is 44.4 Å². The molecule has 0 spiro atoms. The van der Waals surface area contributed by atoms with Crippen LogP contribution in [0.5, 0.6) is 0 Å². The van der Waals surface area contributed by atoms with Gasteiger partial charge in [0.25, 0.3) is 0 Å². The highest BCUT2D eigenvalue weighted by molar-refractivity contribution is 5.38. The number of rotatable bonds is 4. The van der Waals surface area contributed by atoms with Gasteiger partial charge in [0, 0.05) is 26.3 Å². The molecule has 0 bridgehead atoms. The van der Waals surface area contributed by atoms with E-state index in [4.69, 9.17) is 9.47 Å². The summed E-state index contributed by atoms with van der Waals surface area (Å²) in [6.45, 7) is 5.07. The minimum Gasteiger partial charge on any atom is -0.381 e. The fraction of sp³-hybridized carbons (Fsp3) is 0.714. The van der Waals surface area contributed by atoms with Gasteiger partial charge in [-0.15, -0.1) is 0 Å². The molecule has 3 aliphatic rings. The minimum atomic E-state index is -4.34. The topological polar surface area (TPSA) is 21.7 Å². The molecule has 0 aromatic heterocycles. The second-order valence-corrected chi connectivity index (χ2v) is 8.17. The summed E-state index contributed by atoms with van der Waals surface area (Å²) in [5.41, 5.74) is 0.615. The first kappa shape index (κ1) is 19.2. The highest BCUT2D eigenvalue weighted by Crippen LogP contribution is 2.41. The van der Waals surface area contributed by atoms with E-state index in [2.05, 4.69) is 4.90 Å². The van der Waals surface area contributed by atoms with Crippen molar-refractivity contribution in [3.05, 3.63) is 34.9 Å². The van der Waals surface area contributed by atoms with Crippen LogP contribution in [0.4, 0.5) is 13.2 Å². The second kappa shape index (κ2) is 8.10. The van der Waals surface area contributed by atoms with Crippen molar-refractivity contribution < 1.29 is 22.6 Å². The van der Waals surface area contributed by atoms with Gasteiger partial charge in [-0.1, -0.05) is 12.1 Å². The van der Waals surface area contributed by atoms with Gasteiger partial charge in [0.15, 0.2) is 0 Å². The molecule has 0 amide bonds. The summed E-state index contributed by atoms with van der Waals surface area (Å²) in [6.07, 6.45) is -0.181. The Kier molecular flexibility index (Phi) is 5.76. The summed E-state index contributed by atoms with van der Waals surface area (Å²) in [5.74, 6) is 0.733. The molecular weight excluding hydrogens is 355 g/mol. The summed E-state index contributed by atoms with van der Waals surface area (Å²) in [5, 5.41) is 0. The van der Waals surface area contributed by atoms with E-state index < -0.39 is 17.8 Å². The molecule has 3 aliphatic heterocycles. The van der Waals surface area contributed by atoms with Crippen LogP contribution < -0.4 is 0 Å². The lowest BCUT2D eigenvalue weighted by molar-refractivity contribution is -0.139. The zero-order chi connectivity index (χ0) is 18.9. The summed E-state index contributed by atoms with van der Waals surface area (Å²) in [4.78, 5) is 2.41. The Morgan fingerprint density at radius 3 is 2.67 bits per heavy atom. The molecule has 0 aliphatic carbocycles. The normalized spacial score (nSPS) is 30.1. The lowest BCUT2D eigenvalue weighted by Gasteiger charge is -2.34. The largest absolute Gasteiger partial charge is 0.416 e. The average molecular weight is 383 g/mol. The van der Waals surface area contributed by atoms with Gasteiger partial charge in [-0.3, -0.25) is 0 Å². The number of likely N-dealkylation sites (tertiary alicyclic amines) is 1. The molecule has 1 aromatic carbocycles. The van der Waals surface area contributed by atoms with Gasteiger partial charge in [0.1, 0.15) is 0 Å². The van der Waals surface area contributed by atoms with E-state index in [0.717, 1.165) is 64.1 Å². The van der Waals surface area contributed by atoms with E-state index in [1.807, 2.05) is 6.07 Å². The maximum atomic E-state index is 13.7. The molecule has 3 atom stereocenters. The van der Waals surface area contributed by atoms with Gasteiger partial charge in [0.05, 0.1) is 18.3 Å².